The third-order valence-electron chi connectivity index (χ3n) is 5.83. The van der Waals surface area contributed by atoms with Crippen LogP contribution in [0.25, 0.3) is 0 Å². The number of hydrogen-bond donors (Lipinski definition) is 2. The molecule has 4 aromatic rings. The van der Waals surface area contributed by atoms with Crippen LogP contribution in [0.3, 0.4) is 0 Å². The molecule has 1 aliphatic rings. The summed E-state index contributed by atoms with van der Waals surface area (Å²) in [6.07, 6.45) is 0.731. The number of methoxy groups -OCH3 is 1. The number of hydrogen-bond acceptors (Lipinski definition) is 6. The highest BCUT2D eigenvalue weighted by Crippen LogP contribution is 2.38. The summed E-state index contributed by atoms with van der Waals surface area (Å²) < 4.78 is 12.6. The van der Waals surface area contributed by atoms with Crippen LogP contribution in [0.15, 0.2) is 78.9 Å². The van der Waals surface area contributed by atoms with Crippen LogP contribution < -0.4 is 20.1 Å². The molecule has 2 atom stereocenters. The second-order valence-corrected chi connectivity index (χ2v) is 8.56. The van der Waals surface area contributed by atoms with Crippen LogP contribution in [0.2, 0.25) is 5.02 Å². The van der Waals surface area contributed by atoms with E-state index in [1.54, 1.807) is 19.2 Å². The highest BCUT2D eigenvalue weighted by atomic mass is 35.5. The molecule has 0 saturated heterocycles. The van der Waals surface area contributed by atoms with E-state index >= 15 is 0 Å². The highest BCUT2D eigenvalue weighted by molar-refractivity contribution is 6.30. The first kappa shape index (κ1) is 22.7. The minimum absolute atomic E-state index is 0.0129. The van der Waals surface area contributed by atoms with E-state index < -0.39 is 0 Å². The van der Waals surface area contributed by atoms with Gasteiger partial charge in [0.2, 0.25) is 5.95 Å². The molecular weight excluding hydrogens is 466 g/mol. The number of ether oxygens (including phenoxy) is 2. The van der Waals surface area contributed by atoms with Crippen molar-refractivity contribution in [2.75, 3.05) is 24.4 Å². The van der Waals surface area contributed by atoms with E-state index in [0.717, 1.165) is 23.3 Å². The number of benzene rings is 3. The number of carbonyl (C=O) groups is 1. The Balaban J connectivity index is 1.38. The van der Waals surface area contributed by atoms with Crippen molar-refractivity contribution in [3.05, 3.63) is 95.0 Å². The van der Waals surface area contributed by atoms with Gasteiger partial charge in [-0.25, -0.2) is 4.68 Å². The number of fused-ring (bicyclic) bond motifs is 1. The number of nitrogens with zero attached hydrogens (tertiary/aromatic N) is 3. The van der Waals surface area contributed by atoms with Gasteiger partial charge < -0.3 is 14.8 Å². The van der Waals surface area contributed by atoms with Gasteiger partial charge in [-0.15, -0.1) is 5.10 Å². The smallest absolute Gasteiger partial charge is 0.264 e. The predicted octanol–water partition coefficient (Wildman–Crippen LogP) is 5.10. The van der Waals surface area contributed by atoms with E-state index in [1.165, 1.54) is 0 Å². The molecule has 0 radical (unpaired) electrons. The first-order chi connectivity index (χ1) is 17.1. The summed E-state index contributed by atoms with van der Waals surface area (Å²) in [7, 11) is 1.64. The Morgan fingerprint density at radius 2 is 1.74 bits per heavy atom. The van der Waals surface area contributed by atoms with Gasteiger partial charge in [0, 0.05) is 5.02 Å². The molecule has 2 heterocycles. The molecule has 35 heavy (non-hydrogen) atoms. The quantitative estimate of drug-likeness (QED) is 0.375. The molecule has 2 N–H and O–H groups in total. The van der Waals surface area contributed by atoms with Gasteiger partial charge in [0.25, 0.3) is 11.9 Å². The first-order valence-corrected chi connectivity index (χ1v) is 11.6. The van der Waals surface area contributed by atoms with Crippen LogP contribution in [0, 0.1) is 0 Å². The first-order valence-electron chi connectivity index (χ1n) is 11.2. The number of halogens is 1. The molecule has 0 spiro atoms. The molecule has 5 rings (SSSR count). The fraction of sp³-hybridized carbons (Fsp3) is 0.192. The lowest BCUT2D eigenvalue weighted by Gasteiger charge is -2.31. The number of para-hydroxylation sites is 1. The Bertz CT molecular complexity index is 1290. The van der Waals surface area contributed by atoms with Gasteiger partial charge in [0.1, 0.15) is 11.5 Å². The third kappa shape index (κ3) is 5.22. The van der Waals surface area contributed by atoms with Crippen molar-refractivity contribution >= 4 is 29.4 Å². The predicted molar refractivity (Wildman–Crippen MR) is 134 cm³/mol. The van der Waals surface area contributed by atoms with Crippen molar-refractivity contribution in [1.29, 1.82) is 0 Å². The van der Waals surface area contributed by atoms with E-state index in [0.29, 0.717) is 16.7 Å². The maximum absolute atomic E-state index is 12.5. The normalized spacial score (nSPS) is 16.6. The number of anilines is 2. The zero-order chi connectivity index (χ0) is 24.2. The molecule has 0 bridgehead atoms. The Morgan fingerprint density at radius 3 is 2.46 bits per heavy atom. The fourth-order valence-corrected chi connectivity index (χ4v) is 4.20. The molecule has 8 nitrogen and oxygen atoms in total. The number of nitrogens with one attached hydrogen (secondary N) is 2. The standard InChI is InChI=1S/C26H24ClN5O3/c1-34-20-13-9-18(10-14-20)23-15-22(17-7-11-19(27)12-8-17)28-26-30-25(31-32(23)26)29-24(33)16-35-21-5-3-2-4-6-21/h2-14,22-23H,15-16H2,1H3,(H2,28,29,30,31,33)/t22-,23-/m1/s1. The lowest BCUT2D eigenvalue weighted by molar-refractivity contribution is -0.118. The van der Waals surface area contributed by atoms with E-state index in [4.69, 9.17) is 21.1 Å². The van der Waals surface area contributed by atoms with Crippen LogP contribution in [0.5, 0.6) is 11.5 Å². The number of rotatable bonds is 7. The van der Waals surface area contributed by atoms with Gasteiger partial charge in [0.05, 0.1) is 19.2 Å². The molecule has 3 aromatic carbocycles. The Labute approximate surface area is 207 Å². The topological polar surface area (TPSA) is 90.3 Å². The second-order valence-electron chi connectivity index (χ2n) is 8.13. The van der Waals surface area contributed by atoms with Gasteiger partial charge in [-0.3, -0.25) is 10.1 Å². The molecule has 1 aliphatic heterocycles. The van der Waals surface area contributed by atoms with Crippen LogP contribution in [-0.2, 0) is 4.79 Å². The largest absolute Gasteiger partial charge is 0.497 e. The highest BCUT2D eigenvalue weighted by Gasteiger charge is 2.31. The van der Waals surface area contributed by atoms with E-state index in [1.807, 2.05) is 71.4 Å². The molecule has 0 fully saturated rings. The lowest BCUT2D eigenvalue weighted by atomic mass is 9.93. The van der Waals surface area contributed by atoms with Crippen molar-refractivity contribution in [2.45, 2.75) is 18.5 Å². The lowest BCUT2D eigenvalue weighted by Crippen LogP contribution is -2.28. The monoisotopic (exact) mass is 489 g/mol. The molecule has 1 aromatic heterocycles. The maximum Gasteiger partial charge on any atom is 0.264 e. The summed E-state index contributed by atoms with van der Waals surface area (Å²) in [5, 5.41) is 11.5. The van der Waals surface area contributed by atoms with Gasteiger partial charge >= 0.3 is 0 Å². The Morgan fingerprint density at radius 1 is 1.03 bits per heavy atom. The second kappa shape index (κ2) is 10.1. The number of carbonyl (C=O) groups excluding carboxylic acids is 1. The van der Waals surface area contributed by atoms with Gasteiger partial charge in [-0.2, -0.15) is 4.98 Å². The van der Waals surface area contributed by atoms with Crippen LogP contribution in [-0.4, -0.2) is 34.4 Å². The van der Waals surface area contributed by atoms with Crippen molar-refractivity contribution < 1.29 is 14.3 Å². The molecular formula is C26H24ClN5O3. The third-order valence-corrected chi connectivity index (χ3v) is 6.08. The molecule has 0 aliphatic carbocycles. The van der Waals surface area contributed by atoms with Crippen LogP contribution in [0.1, 0.15) is 29.6 Å². The van der Waals surface area contributed by atoms with Crippen molar-refractivity contribution in [3.63, 3.8) is 0 Å². The Kier molecular flexibility index (Phi) is 6.54. The van der Waals surface area contributed by atoms with Crippen LogP contribution >= 0.6 is 11.6 Å². The molecule has 0 saturated carbocycles. The maximum atomic E-state index is 12.5. The summed E-state index contributed by atoms with van der Waals surface area (Å²) in [6.45, 7) is -0.142. The minimum atomic E-state index is -0.341. The minimum Gasteiger partial charge on any atom is -0.497 e. The molecule has 178 valence electrons. The summed E-state index contributed by atoms with van der Waals surface area (Å²) in [6, 6.07) is 24.7. The Hall–Kier alpha value is -4.04. The SMILES string of the molecule is COc1ccc([C@H]2C[C@H](c3ccc(Cl)cc3)Nc3nc(NC(=O)COc4ccccc4)nn32)cc1. The van der Waals surface area contributed by atoms with E-state index in [9.17, 15) is 4.79 Å². The van der Waals surface area contributed by atoms with Crippen molar-refractivity contribution in [1.82, 2.24) is 14.8 Å². The zero-order valence-corrected chi connectivity index (χ0v) is 19.8. The average molecular weight is 490 g/mol. The average Bonchev–Trinajstić information content (AvgIpc) is 3.30. The summed E-state index contributed by atoms with van der Waals surface area (Å²) in [5.41, 5.74) is 2.15. The molecule has 0 unspecified atom stereocenters. The van der Waals surface area contributed by atoms with Gasteiger partial charge in [-0.05, 0) is 53.9 Å². The van der Waals surface area contributed by atoms with Crippen molar-refractivity contribution in [2.24, 2.45) is 0 Å². The zero-order valence-electron chi connectivity index (χ0n) is 19.0. The van der Waals surface area contributed by atoms with E-state index in [-0.39, 0.29) is 30.5 Å². The molecule has 1 amide bonds. The number of amides is 1. The summed E-state index contributed by atoms with van der Waals surface area (Å²) in [4.78, 5) is 17.0. The summed E-state index contributed by atoms with van der Waals surface area (Å²) in [5.74, 6) is 1.83. The van der Waals surface area contributed by atoms with Crippen LogP contribution in [0.4, 0.5) is 11.9 Å². The van der Waals surface area contributed by atoms with Crippen molar-refractivity contribution in [3.8, 4) is 11.5 Å². The fourth-order valence-electron chi connectivity index (χ4n) is 4.07. The van der Waals surface area contributed by atoms with Gasteiger partial charge in [-0.1, -0.05) is 54.1 Å². The molecule has 9 heteroatoms. The number of aromatic nitrogens is 3. The van der Waals surface area contributed by atoms with E-state index in [2.05, 4.69) is 20.7 Å². The summed E-state index contributed by atoms with van der Waals surface area (Å²) >= 11 is 6.09. The van der Waals surface area contributed by atoms with Gasteiger partial charge in [0.15, 0.2) is 6.61 Å².